The summed E-state index contributed by atoms with van der Waals surface area (Å²) in [4.78, 5) is 41.9. The number of anilines is 1. The fourth-order valence-electron chi connectivity index (χ4n) is 4.37. The Kier molecular flexibility index (Phi) is 6.16. The Morgan fingerprint density at radius 3 is 2.39 bits per heavy atom. The Balaban J connectivity index is 1.31. The summed E-state index contributed by atoms with van der Waals surface area (Å²) in [6.07, 6.45) is 1.04. The van der Waals surface area contributed by atoms with Crippen LogP contribution in [0.3, 0.4) is 0 Å². The van der Waals surface area contributed by atoms with Gasteiger partial charge in [-0.15, -0.1) is 0 Å². The number of carbonyl (C=O) groups is 2. The van der Waals surface area contributed by atoms with Gasteiger partial charge in [0.05, 0.1) is 10.8 Å². The van der Waals surface area contributed by atoms with Crippen molar-refractivity contribution in [2.45, 2.75) is 12.8 Å². The molecule has 2 heterocycles. The molecule has 2 aliphatic heterocycles. The first kappa shape index (κ1) is 20.8. The topological polar surface area (TPSA) is 87.0 Å². The second kappa shape index (κ2) is 9.16. The largest absolute Gasteiger partial charge is 0.362 e. The quantitative estimate of drug-likeness (QED) is 0.527. The number of nitrogens with zero attached hydrogens (tertiary/aromatic N) is 4. The van der Waals surface area contributed by atoms with Crippen molar-refractivity contribution in [1.29, 1.82) is 0 Å². The second-order valence-electron chi connectivity index (χ2n) is 8.03. The number of amides is 2. The molecule has 0 aliphatic carbocycles. The van der Waals surface area contributed by atoms with Gasteiger partial charge in [-0.1, -0.05) is 42.5 Å². The van der Waals surface area contributed by atoms with Crippen molar-refractivity contribution in [3.05, 3.63) is 70.3 Å². The lowest BCUT2D eigenvalue weighted by molar-refractivity contribution is -0.384. The third kappa shape index (κ3) is 4.68. The molecule has 0 bridgehead atoms. The number of hydrogen-bond donors (Lipinski definition) is 0. The zero-order chi connectivity index (χ0) is 21.8. The number of rotatable bonds is 6. The van der Waals surface area contributed by atoms with Crippen LogP contribution in [0.25, 0.3) is 0 Å². The normalized spacial score (nSPS) is 19.0. The lowest BCUT2D eigenvalue weighted by atomic mass is 10.1. The first-order valence-electron chi connectivity index (χ1n) is 10.6. The highest BCUT2D eigenvalue weighted by Crippen LogP contribution is 2.29. The van der Waals surface area contributed by atoms with Crippen LogP contribution in [0.15, 0.2) is 54.6 Å². The number of nitro groups is 1. The molecule has 0 radical (unpaired) electrons. The zero-order valence-corrected chi connectivity index (χ0v) is 17.4. The molecule has 0 spiro atoms. The highest BCUT2D eigenvalue weighted by molar-refractivity contribution is 5.89. The van der Waals surface area contributed by atoms with E-state index in [1.165, 1.54) is 11.6 Å². The molecule has 0 N–H and O–H groups in total. The van der Waals surface area contributed by atoms with E-state index in [1.807, 2.05) is 35.2 Å². The number of carbonyl (C=O) groups excluding carboxylic acids is 2. The van der Waals surface area contributed by atoms with E-state index in [1.54, 1.807) is 28.0 Å². The van der Waals surface area contributed by atoms with Crippen LogP contribution in [0.4, 0.5) is 11.4 Å². The summed E-state index contributed by atoms with van der Waals surface area (Å²) in [6, 6.07) is 16.7. The standard InChI is InChI=1S/C23H26N4O4/c28-22-16-19(17-26(22)11-10-18-6-2-1-3-7-18)23(29)25-14-12-24(13-15-25)20-8-4-5-9-21(20)27(30)31/h1-9,19H,10-17H2. The van der Waals surface area contributed by atoms with E-state index >= 15 is 0 Å². The molecule has 1 atom stereocenters. The van der Waals surface area contributed by atoms with E-state index in [0.717, 1.165) is 6.42 Å². The minimum atomic E-state index is -0.374. The van der Waals surface area contributed by atoms with Crippen LogP contribution in [0.1, 0.15) is 12.0 Å². The number of benzene rings is 2. The van der Waals surface area contributed by atoms with Gasteiger partial charge >= 0.3 is 0 Å². The highest BCUT2D eigenvalue weighted by atomic mass is 16.6. The average molecular weight is 422 g/mol. The molecule has 2 amide bonds. The third-order valence-electron chi connectivity index (χ3n) is 6.09. The molecule has 2 fully saturated rings. The summed E-state index contributed by atoms with van der Waals surface area (Å²) in [7, 11) is 0. The third-order valence-corrected chi connectivity index (χ3v) is 6.09. The minimum absolute atomic E-state index is 0.0118. The molecule has 2 aromatic rings. The summed E-state index contributed by atoms with van der Waals surface area (Å²) >= 11 is 0. The molecule has 0 saturated carbocycles. The molecule has 2 saturated heterocycles. The van der Waals surface area contributed by atoms with Gasteiger partial charge in [0.25, 0.3) is 5.69 Å². The molecule has 2 aliphatic rings. The Morgan fingerprint density at radius 1 is 1.00 bits per heavy atom. The molecule has 4 rings (SSSR count). The molecular weight excluding hydrogens is 396 g/mol. The highest BCUT2D eigenvalue weighted by Gasteiger charge is 2.37. The number of piperazine rings is 1. The van der Waals surface area contributed by atoms with Crippen LogP contribution in [0, 0.1) is 16.0 Å². The van der Waals surface area contributed by atoms with Gasteiger partial charge in [0.15, 0.2) is 0 Å². The van der Waals surface area contributed by atoms with Crippen molar-refractivity contribution in [2.75, 3.05) is 44.2 Å². The van der Waals surface area contributed by atoms with E-state index in [9.17, 15) is 19.7 Å². The van der Waals surface area contributed by atoms with Gasteiger partial charge < -0.3 is 14.7 Å². The van der Waals surface area contributed by atoms with Gasteiger partial charge in [-0.3, -0.25) is 19.7 Å². The van der Waals surface area contributed by atoms with E-state index in [2.05, 4.69) is 0 Å². The first-order chi connectivity index (χ1) is 15.0. The van der Waals surface area contributed by atoms with Crippen LogP contribution < -0.4 is 4.90 Å². The zero-order valence-electron chi connectivity index (χ0n) is 17.4. The van der Waals surface area contributed by atoms with Gasteiger partial charge in [0.1, 0.15) is 5.69 Å². The van der Waals surface area contributed by atoms with Crippen molar-refractivity contribution in [3.8, 4) is 0 Å². The maximum absolute atomic E-state index is 13.0. The van der Waals surface area contributed by atoms with Crippen LogP contribution in [0.2, 0.25) is 0 Å². The summed E-state index contributed by atoms with van der Waals surface area (Å²) in [5.41, 5.74) is 1.84. The van der Waals surface area contributed by atoms with E-state index < -0.39 is 0 Å². The number of hydrogen-bond acceptors (Lipinski definition) is 5. The van der Waals surface area contributed by atoms with Crippen molar-refractivity contribution in [3.63, 3.8) is 0 Å². The minimum Gasteiger partial charge on any atom is -0.362 e. The predicted molar refractivity (Wildman–Crippen MR) is 117 cm³/mol. The first-order valence-corrected chi connectivity index (χ1v) is 10.6. The summed E-state index contributed by atoms with van der Waals surface area (Å²) in [5.74, 6) is -0.258. The average Bonchev–Trinajstić information content (AvgIpc) is 3.18. The maximum Gasteiger partial charge on any atom is 0.292 e. The lowest BCUT2D eigenvalue weighted by Crippen LogP contribution is -2.50. The SMILES string of the molecule is O=C1CC(C(=O)N2CCN(c3ccccc3[N+](=O)[O-])CC2)CN1CCc1ccccc1. The predicted octanol–water partition coefficient (Wildman–Crippen LogP) is 2.33. The number of para-hydroxylation sites is 2. The fraction of sp³-hybridized carbons (Fsp3) is 0.391. The number of likely N-dealkylation sites (tertiary alicyclic amines) is 1. The van der Waals surface area contributed by atoms with E-state index in [4.69, 9.17) is 0 Å². The molecule has 2 aromatic carbocycles. The van der Waals surface area contributed by atoms with Crippen LogP contribution >= 0.6 is 0 Å². The van der Waals surface area contributed by atoms with Gasteiger partial charge in [-0.25, -0.2) is 0 Å². The van der Waals surface area contributed by atoms with Crippen LogP contribution in [0.5, 0.6) is 0 Å². The van der Waals surface area contributed by atoms with Gasteiger partial charge in [-0.05, 0) is 18.1 Å². The van der Waals surface area contributed by atoms with Crippen molar-refractivity contribution >= 4 is 23.2 Å². The van der Waals surface area contributed by atoms with Crippen LogP contribution in [-0.4, -0.2) is 65.8 Å². The number of nitro benzene ring substituents is 1. The molecule has 162 valence electrons. The van der Waals surface area contributed by atoms with Crippen molar-refractivity contribution in [1.82, 2.24) is 9.80 Å². The maximum atomic E-state index is 13.0. The van der Waals surface area contributed by atoms with Crippen molar-refractivity contribution in [2.24, 2.45) is 5.92 Å². The van der Waals surface area contributed by atoms with Gasteiger partial charge in [0.2, 0.25) is 11.8 Å². The Labute approximate surface area is 181 Å². The van der Waals surface area contributed by atoms with Gasteiger partial charge in [0, 0.05) is 51.8 Å². The molecule has 8 heteroatoms. The molecule has 0 aromatic heterocycles. The van der Waals surface area contributed by atoms with E-state index in [0.29, 0.717) is 45.0 Å². The fourth-order valence-corrected chi connectivity index (χ4v) is 4.37. The Morgan fingerprint density at radius 2 is 1.68 bits per heavy atom. The summed E-state index contributed by atoms with van der Waals surface area (Å²) in [6.45, 7) is 3.16. The summed E-state index contributed by atoms with van der Waals surface area (Å²) < 4.78 is 0. The van der Waals surface area contributed by atoms with Gasteiger partial charge in [-0.2, -0.15) is 0 Å². The van der Waals surface area contributed by atoms with Crippen molar-refractivity contribution < 1.29 is 14.5 Å². The monoisotopic (exact) mass is 422 g/mol. The Hall–Kier alpha value is -3.42. The summed E-state index contributed by atoms with van der Waals surface area (Å²) in [5, 5.41) is 11.3. The molecule has 31 heavy (non-hydrogen) atoms. The second-order valence-corrected chi connectivity index (χ2v) is 8.03. The molecule has 1 unspecified atom stereocenters. The van der Waals surface area contributed by atoms with Crippen LogP contribution in [-0.2, 0) is 16.0 Å². The van der Waals surface area contributed by atoms with E-state index in [-0.39, 0.29) is 34.8 Å². The smallest absolute Gasteiger partial charge is 0.292 e. The molecular formula is C23H26N4O4. The Bertz CT molecular complexity index is 957. The molecule has 8 nitrogen and oxygen atoms in total. The lowest BCUT2D eigenvalue weighted by Gasteiger charge is -2.36.